The van der Waals surface area contributed by atoms with Crippen LogP contribution in [0.5, 0.6) is 0 Å². The Kier molecular flexibility index (Phi) is 6.86. The summed E-state index contributed by atoms with van der Waals surface area (Å²) in [6.45, 7) is 4.00. The van der Waals surface area contributed by atoms with Gasteiger partial charge in [0.2, 0.25) is 5.91 Å². The van der Waals surface area contributed by atoms with Gasteiger partial charge in [-0.25, -0.2) is 9.59 Å². The summed E-state index contributed by atoms with van der Waals surface area (Å²) in [6, 6.07) is 16.5. The quantitative estimate of drug-likeness (QED) is 0.452. The zero-order chi connectivity index (χ0) is 25.1. The average Bonchev–Trinajstić information content (AvgIpc) is 3.34. The molecule has 3 N–H and O–H groups in total. The fourth-order valence-corrected chi connectivity index (χ4v) is 4.43. The molecule has 9 nitrogen and oxygen atoms in total. The smallest absolute Gasteiger partial charge is 0.407 e. The molecular weight excluding hydrogens is 448 g/mol. The summed E-state index contributed by atoms with van der Waals surface area (Å²) >= 11 is 0. The molecule has 3 aromatic rings. The van der Waals surface area contributed by atoms with E-state index in [2.05, 4.69) is 27.9 Å². The highest BCUT2D eigenvalue weighted by Gasteiger charge is 2.30. The van der Waals surface area contributed by atoms with E-state index in [0.717, 1.165) is 26.9 Å². The maximum atomic E-state index is 12.9. The van der Waals surface area contributed by atoms with E-state index in [4.69, 9.17) is 4.74 Å². The Hall–Kier alpha value is -4.14. The molecule has 1 unspecified atom stereocenters. The van der Waals surface area contributed by atoms with Gasteiger partial charge in [-0.2, -0.15) is 5.10 Å². The van der Waals surface area contributed by atoms with Crippen molar-refractivity contribution in [3.05, 3.63) is 71.4 Å². The Morgan fingerprint density at radius 1 is 1.06 bits per heavy atom. The Morgan fingerprint density at radius 2 is 1.66 bits per heavy atom. The van der Waals surface area contributed by atoms with Gasteiger partial charge < -0.3 is 20.5 Å². The molecule has 1 heterocycles. The lowest BCUT2D eigenvalue weighted by molar-refractivity contribution is -0.118. The highest BCUT2D eigenvalue weighted by molar-refractivity contribution is 5.97. The van der Waals surface area contributed by atoms with E-state index in [-0.39, 0.29) is 30.0 Å². The summed E-state index contributed by atoms with van der Waals surface area (Å²) < 4.78 is 6.74. The van der Waals surface area contributed by atoms with Crippen molar-refractivity contribution in [3.8, 4) is 11.1 Å². The number of aromatic nitrogens is 2. The first-order valence-corrected chi connectivity index (χ1v) is 11.4. The monoisotopic (exact) mass is 476 g/mol. The Morgan fingerprint density at radius 3 is 2.20 bits per heavy atom. The van der Waals surface area contributed by atoms with Crippen molar-refractivity contribution in [2.24, 2.45) is 13.0 Å². The van der Waals surface area contributed by atoms with Gasteiger partial charge >= 0.3 is 12.1 Å². The summed E-state index contributed by atoms with van der Waals surface area (Å²) in [4.78, 5) is 36.8. The van der Waals surface area contributed by atoms with Crippen LogP contribution in [0.1, 0.15) is 47.8 Å². The molecule has 0 radical (unpaired) electrons. The molecule has 0 saturated carbocycles. The molecule has 35 heavy (non-hydrogen) atoms. The van der Waals surface area contributed by atoms with Gasteiger partial charge in [0.05, 0.1) is 0 Å². The fraction of sp³-hybridized carbons (Fsp3) is 0.308. The van der Waals surface area contributed by atoms with Crippen LogP contribution in [0.4, 0.5) is 10.6 Å². The van der Waals surface area contributed by atoms with Crippen LogP contribution < -0.4 is 10.6 Å². The third-order valence-electron chi connectivity index (χ3n) is 6.01. The number of carbonyl (C=O) groups excluding carboxylic acids is 2. The van der Waals surface area contributed by atoms with Crippen LogP contribution in [-0.2, 0) is 16.6 Å². The number of carbonyl (C=O) groups is 3. The normalized spacial score (nSPS) is 13.1. The molecule has 1 atom stereocenters. The highest BCUT2D eigenvalue weighted by atomic mass is 16.5. The Bertz CT molecular complexity index is 1220. The number of amides is 2. The van der Waals surface area contributed by atoms with Gasteiger partial charge in [0.1, 0.15) is 18.3 Å². The topological polar surface area (TPSA) is 123 Å². The van der Waals surface area contributed by atoms with Crippen LogP contribution >= 0.6 is 0 Å². The highest BCUT2D eigenvalue weighted by Crippen LogP contribution is 2.44. The predicted octanol–water partition coefficient (Wildman–Crippen LogP) is 4.01. The summed E-state index contributed by atoms with van der Waals surface area (Å²) in [6.07, 6.45) is -0.325. The first kappa shape index (κ1) is 24.0. The van der Waals surface area contributed by atoms with Gasteiger partial charge in [-0.05, 0) is 34.6 Å². The second-order valence-electron chi connectivity index (χ2n) is 8.98. The second kappa shape index (κ2) is 10.0. The second-order valence-corrected chi connectivity index (χ2v) is 8.98. The van der Waals surface area contributed by atoms with Crippen LogP contribution in [0.3, 0.4) is 0 Å². The fourth-order valence-electron chi connectivity index (χ4n) is 4.43. The van der Waals surface area contributed by atoms with Crippen molar-refractivity contribution < 1.29 is 24.2 Å². The number of ether oxygens (including phenoxy) is 1. The Labute approximate surface area is 203 Å². The van der Waals surface area contributed by atoms with Gasteiger partial charge in [0.25, 0.3) is 0 Å². The third-order valence-corrected chi connectivity index (χ3v) is 6.01. The van der Waals surface area contributed by atoms with Crippen molar-refractivity contribution >= 4 is 23.8 Å². The lowest BCUT2D eigenvalue weighted by atomic mass is 9.98. The van der Waals surface area contributed by atoms with Crippen LogP contribution in [0.15, 0.2) is 54.6 Å². The number of carboxylic acid groups (broad SMARTS) is 1. The number of hydrogen-bond acceptors (Lipinski definition) is 5. The molecule has 0 aliphatic heterocycles. The largest absolute Gasteiger partial charge is 0.477 e. The van der Waals surface area contributed by atoms with Crippen molar-refractivity contribution in [3.63, 3.8) is 0 Å². The molecule has 182 valence electrons. The molecule has 0 spiro atoms. The summed E-state index contributed by atoms with van der Waals surface area (Å²) in [5, 5.41) is 18.4. The molecule has 1 aromatic heterocycles. The zero-order valence-corrected chi connectivity index (χ0v) is 19.8. The molecule has 2 aromatic carbocycles. The summed E-state index contributed by atoms with van der Waals surface area (Å²) in [5.74, 6) is -1.54. The van der Waals surface area contributed by atoms with E-state index < -0.39 is 24.0 Å². The third kappa shape index (κ3) is 5.18. The van der Waals surface area contributed by atoms with Crippen molar-refractivity contribution in [1.82, 2.24) is 15.1 Å². The maximum absolute atomic E-state index is 12.9. The van der Waals surface area contributed by atoms with Crippen molar-refractivity contribution in [2.45, 2.75) is 32.2 Å². The van der Waals surface area contributed by atoms with E-state index in [0.29, 0.717) is 6.42 Å². The lowest BCUT2D eigenvalue weighted by Gasteiger charge is -2.20. The first-order chi connectivity index (χ1) is 16.7. The summed E-state index contributed by atoms with van der Waals surface area (Å²) in [5.41, 5.74) is 4.39. The number of rotatable bonds is 8. The van der Waals surface area contributed by atoms with E-state index in [1.807, 2.05) is 50.2 Å². The standard InChI is InChI=1S/C26H28N4O5/c1-15(2)12-21(24(31)28-23-13-22(25(32)33)30(3)29-23)27-26(34)35-14-20-18-10-6-4-8-16(18)17-9-5-7-11-19(17)20/h4-11,13,15,20-21H,12,14H2,1-3H3,(H,27,34)(H,32,33)(H,28,29,31). The Balaban J connectivity index is 1.42. The minimum atomic E-state index is -1.16. The molecule has 0 bridgehead atoms. The molecule has 9 heteroatoms. The van der Waals surface area contributed by atoms with Gasteiger partial charge in [-0.1, -0.05) is 62.4 Å². The number of anilines is 1. The van der Waals surface area contributed by atoms with E-state index in [1.54, 1.807) is 0 Å². The molecule has 1 aliphatic carbocycles. The summed E-state index contributed by atoms with van der Waals surface area (Å²) in [7, 11) is 1.47. The first-order valence-electron chi connectivity index (χ1n) is 11.4. The number of alkyl carbamates (subject to hydrolysis) is 1. The van der Waals surface area contributed by atoms with Gasteiger partial charge in [0.15, 0.2) is 5.82 Å². The van der Waals surface area contributed by atoms with Crippen LogP contribution in [0, 0.1) is 5.92 Å². The number of nitrogens with one attached hydrogen (secondary N) is 2. The lowest BCUT2D eigenvalue weighted by Crippen LogP contribution is -2.45. The van der Waals surface area contributed by atoms with Crippen molar-refractivity contribution in [2.75, 3.05) is 11.9 Å². The molecule has 2 amide bonds. The number of aromatic carboxylic acids is 1. The van der Waals surface area contributed by atoms with E-state index >= 15 is 0 Å². The van der Waals surface area contributed by atoms with Gasteiger partial charge in [0, 0.05) is 19.0 Å². The number of carboxylic acids is 1. The van der Waals surface area contributed by atoms with Crippen LogP contribution in [-0.4, -0.2) is 45.5 Å². The molecule has 0 fully saturated rings. The predicted molar refractivity (Wildman–Crippen MR) is 130 cm³/mol. The molecular formula is C26H28N4O5. The molecule has 1 aliphatic rings. The van der Waals surface area contributed by atoms with E-state index in [9.17, 15) is 19.5 Å². The van der Waals surface area contributed by atoms with Crippen LogP contribution in [0.2, 0.25) is 0 Å². The minimum absolute atomic E-state index is 0.0646. The SMILES string of the molecule is CC(C)CC(NC(=O)OCC1c2ccccc2-c2ccccc21)C(=O)Nc1cc(C(=O)O)n(C)n1. The van der Waals surface area contributed by atoms with Gasteiger partial charge in [-0.3, -0.25) is 9.48 Å². The number of aryl methyl sites for hydroxylation is 1. The number of fused-ring (bicyclic) bond motifs is 3. The minimum Gasteiger partial charge on any atom is -0.477 e. The number of hydrogen-bond donors (Lipinski definition) is 3. The zero-order valence-electron chi connectivity index (χ0n) is 19.8. The van der Waals surface area contributed by atoms with Crippen molar-refractivity contribution in [1.29, 1.82) is 0 Å². The maximum Gasteiger partial charge on any atom is 0.407 e. The molecule has 0 saturated heterocycles. The molecule has 4 rings (SSSR count). The van der Waals surface area contributed by atoms with E-state index in [1.165, 1.54) is 13.1 Å². The number of nitrogens with zero attached hydrogens (tertiary/aromatic N) is 2. The van der Waals surface area contributed by atoms with Crippen LogP contribution in [0.25, 0.3) is 11.1 Å². The average molecular weight is 477 g/mol. The number of benzene rings is 2. The van der Waals surface area contributed by atoms with Gasteiger partial charge in [-0.15, -0.1) is 0 Å².